The summed E-state index contributed by atoms with van der Waals surface area (Å²) in [6.07, 6.45) is 4.62. The number of carboxylic acids is 1. The monoisotopic (exact) mass is 436 g/mol. The normalized spacial score (nSPS) is 11.7. The number of fused-ring (bicyclic) bond motifs is 1. The molecule has 2 N–H and O–H groups in total. The number of hydrogen-bond donors (Lipinski definition) is 2. The molecule has 0 fully saturated rings. The van der Waals surface area contributed by atoms with Crippen LogP contribution >= 0.6 is 0 Å². The molecular formula is C22H24N6O4. The number of aromatic nitrogens is 6. The molecule has 0 bridgehead atoms. The number of aromatic amines is 1. The first-order valence-electron chi connectivity index (χ1n) is 10.2. The van der Waals surface area contributed by atoms with Crippen molar-refractivity contribution in [3.63, 3.8) is 0 Å². The van der Waals surface area contributed by atoms with Crippen LogP contribution in [0.5, 0.6) is 5.75 Å². The highest BCUT2D eigenvalue weighted by Crippen LogP contribution is 2.25. The van der Waals surface area contributed by atoms with Crippen molar-refractivity contribution >= 4 is 17.0 Å². The Labute approximate surface area is 183 Å². The molecule has 0 aliphatic rings. The lowest BCUT2D eigenvalue weighted by Gasteiger charge is -2.19. The van der Waals surface area contributed by atoms with Crippen LogP contribution in [0.15, 0.2) is 47.7 Å². The Kier molecular flexibility index (Phi) is 5.52. The van der Waals surface area contributed by atoms with Gasteiger partial charge in [-0.1, -0.05) is 32.9 Å². The number of nitrogens with one attached hydrogen (secondary N) is 1. The van der Waals surface area contributed by atoms with Gasteiger partial charge < -0.3 is 9.84 Å². The fourth-order valence-corrected chi connectivity index (χ4v) is 3.28. The van der Waals surface area contributed by atoms with E-state index in [2.05, 4.69) is 47.0 Å². The van der Waals surface area contributed by atoms with Gasteiger partial charge in [0.1, 0.15) is 11.3 Å². The molecule has 0 aliphatic carbocycles. The van der Waals surface area contributed by atoms with Crippen LogP contribution in [0.4, 0.5) is 0 Å². The van der Waals surface area contributed by atoms with E-state index in [-0.39, 0.29) is 22.5 Å². The predicted molar refractivity (Wildman–Crippen MR) is 117 cm³/mol. The SMILES string of the molecule is CC(C)(C)c1cccc(OCCCn2ncc3nc(-n4cc(C(=O)O)cn4)[nH]c(=O)c32)c1. The second kappa shape index (κ2) is 8.29. The summed E-state index contributed by atoms with van der Waals surface area (Å²) >= 11 is 0. The zero-order valence-corrected chi connectivity index (χ0v) is 18.1. The van der Waals surface area contributed by atoms with Gasteiger partial charge in [0.25, 0.3) is 5.56 Å². The van der Waals surface area contributed by atoms with E-state index in [0.29, 0.717) is 30.6 Å². The minimum Gasteiger partial charge on any atom is -0.494 e. The molecule has 166 valence electrons. The van der Waals surface area contributed by atoms with E-state index < -0.39 is 5.97 Å². The van der Waals surface area contributed by atoms with Gasteiger partial charge in [0.2, 0.25) is 5.95 Å². The number of benzene rings is 1. The maximum atomic E-state index is 12.6. The summed E-state index contributed by atoms with van der Waals surface area (Å²) in [5, 5.41) is 17.2. The summed E-state index contributed by atoms with van der Waals surface area (Å²) in [7, 11) is 0. The fraction of sp³-hybridized carbons (Fsp3) is 0.318. The number of ether oxygens (including phenoxy) is 1. The van der Waals surface area contributed by atoms with Crippen molar-refractivity contribution in [2.45, 2.75) is 39.2 Å². The number of hydrogen-bond acceptors (Lipinski definition) is 6. The fourth-order valence-electron chi connectivity index (χ4n) is 3.28. The third-order valence-electron chi connectivity index (χ3n) is 5.02. The van der Waals surface area contributed by atoms with E-state index in [9.17, 15) is 9.59 Å². The highest BCUT2D eigenvalue weighted by atomic mass is 16.5. The molecule has 10 heteroatoms. The number of nitrogens with zero attached hydrogens (tertiary/aromatic N) is 5. The summed E-state index contributed by atoms with van der Waals surface area (Å²) in [6, 6.07) is 8.05. The average molecular weight is 436 g/mol. The summed E-state index contributed by atoms with van der Waals surface area (Å²) in [5.41, 5.74) is 1.61. The molecule has 0 amide bonds. The smallest absolute Gasteiger partial charge is 0.338 e. The van der Waals surface area contributed by atoms with E-state index in [0.717, 1.165) is 5.75 Å². The van der Waals surface area contributed by atoms with E-state index in [1.54, 1.807) is 4.68 Å². The highest BCUT2D eigenvalue weighted by Gasteiger charge is 2.15. The number of carboxylic acid groups (broad SMARTS) is 1. The van der Waals surface area contributed by atoms with Crippen LogP contribution in [-0.2, 0) is 12.0 Å². The number of H-pyrrole nitrogens is 1. The topological polar surface area (TPSA) is 128 Å². The van der Waals surface area contributed by atoms with Gasteiger partial charge in [-0.3, -0.25) is 14.5 Å². The largest absolute Gasteiger partial charge is 0.494 e. The molecule has 0 unspecified atom stereocenters. The van der Waals surface area contributed by atoms with Crippen molar-refractivity contribution in [3.8, 4) is 11.7 Å². The van der Waals surface area contributed by atoms with Crippen LogP contribution in [0.1, 0.15) is 43.1 Å². The molecule has 1 aromatic carbocycles. The molecule has 0 aliphatic heterocycles. The van der Waals surface area contributed by atoms with Crippen LogP contribution in [0, 0.1) is 0 Å². The molecule has 0 radical (unpaired) electrons. The number of rotatable bonds is 7. The predicted octanol–water partition coefficient (Wildman–Crippen LogP) is 2.77. The molecule has 4 aromatic rings. The van der Waals surface area contributed by atoms with Gasteiger partial charge in [-0.05, 0) is 23.1 Å². The highest BCUT2D eigenvalue weighted by molar-refractivity contribution is 5.87. The molecular weight excluding hydrogens is 412 g/mol. The van der Waals surface area contributed by atoms with Gasteiger partial charge in [0.15, 0.2) is 5.52 Å². The van der Waals surface area contributed by atoms with Crippen molar-refractivity contribution in [1.29, 1.82) is 0 Å². The van der Waals surface area contributed by atoms with E-state index in [1.807, 2.05) is 18.2 Å². The first kappa shape index (κ1) is 21.3. The molecule has 0 saturated carbocycles. The third-order valence-corrected chi connectivity index (χ3v) is 5.02. The number of aryl methyl sites for hydroxylation is 1. The standard InChI is InChI=1S/C22H24N6O4/c1-22(2,3)15-6-4-7-16(10-15)32-9-5-8-27-18-17(12-24-27)25-21(26-19(18)29)28-13-14(11-23-28)20(30)31/h4,6-7,10-13H,5,8-9H2,1-3H3,(H,30,31)(H,25,26,29). The Hall–Kier alpha value is -3.95. The Bertz CT molecular complexity index is 1330. The van der Waals surface area contributed by atoms with Gasteiger partial charge in [-0.15, -0.1) is 0 Å². The maximum Gasteiger partial charge on any atom is 0.338 e. The van der Waals surface area contributed by atoms with Gasteiger partial charge in [-0.25, -0.2) is 14.5 Å². The minimum absolute atomic E-state index is 0.00326. The van der Waals surface area contributed by atoms with Crippen LogP contribution in [-0.4, -0.2) is 47.2 Å². The van der Waals surface area contributed by atoms with Crippen molar-refractivity contribution in [2.24, 2.45) is 0 Å². The van der Waals surface area contributed by atoms with Crippen molar-refractivity contribution in [1.82, 2.24) is 29.5 Å². The van der Waals surface area contributed by atoms with Crippen LogP contribution in [0.3, 0.4) is 0 Å². The molecule has 3 aromatic heterocycles. The van der Waals surface area contributed by atoms with E-state index >= 15 is 0 Å². The van der Waals surface area contributed by atoms with Crippen molar-refractivity contribution < 1.29 is 14.6 Å². The van der Waals surface area contributed by atoms with Crippen LogP contribution < -0.4 is 10.3 Å². The Morgan fingerprint density at radius 2 is 2.03 bits per heavy atom. The van der Waals surface area contributed by atoms with E-state index in [1.165, 1.54) is 28.8 Å². The molecule has 32 heavy (non-hydrogen) atoms. The first-order chi connectivity index (χ1) is 15.2. The quantitative estimate of drug-likeness (QED) is 0.426. The van der Waals surface area contributed by atoms with Crippen LogP contribution in [0.2, 0.25) is 0 Å². The summed E-state index contributed by atoms with van der Waals surface area (Å²) in [4.78, 5) is 30.6. The molecule has 10 nitrogen and oxygen atoms in total. The lowest BCUT2D eigenvalue weighted by Crippen LogP contribution is -2.17. The molecule has 0 atom stereocenters. The summed E-state index contributed by atoms with van der Waals surface area (Å²) < 4.78 is 8.68. The average Bonchev–Trinajstić information content (AvgIpc) is 3.39. The van der Waals surface area contributed by atoms with E-state index in [4.69, 9.17) is 9.84 Å². The van der Waals surface area contributed by atoms with Crippen LogP contribution in [0.25, 0.3) is 17.0 Å². The lowest BCUT2D eigenvalue weighted by atomic mass is 9.87. The second-order valence-corrected chi connectivity index (χ2v) is 8.45. The minimum atomic E-state index is -1.11. The Morgan fingerprint density at radius 1 is 1.22 bits per heavy atom. The molecule has 3 heterocycles. The Morgan fingerprint density at radius 3 is 2.75 bits per heavy atom. The van der Waals surface area contributed by atoms with Gasteiger partial charge in [-0.2, -0.15) is 10.2 Å². The summed E-state index contributed by atoms with van der Waals surface area (Å²) in [5.74, 6) is -0.177. The maximum absolute atomic E-state index is 12.6. The van der Waals surface area contributed by atoms with Gasteiger partial charge in [0, 0.05) is 19.2 Å². The van der Waals surface area contributed by atoms with Gasteiger partial charge in [0.05, 0.1) is 24.6 Å². The molecule has 0 saturated heterocycles. The first-order valence-corrected chi connectivity index (χ1v) is 10.2. The number of aromatic carboxylic acids is 1. The summed E-state index contributed by atoms with van der Waals surface area (Å²) in [6.45, 7) is 7.43. The van der Waals surface area contributed by atoms with Gasteiger partial charge >= 0.3 is 5.97 Å². The zero-order valence-electron chi connectivity index (χ0n) is 18.1. The number of carbonyl (C=O) groups is 1. The Balaban J connectivity index is 1.44. The molecule has 4 rings (SSSR count). The molecule has 0 spiro atoms. The lowest BCUT2D eigenvalue weighted by molar-refractivity contribution is 0.0697. The van der Waals surface area contributed by atoms with Crippen molar-refractivity contribution in [3.05, 3.63) is 64.3 Å². The second-order valence-electron chi connectivity index (χ2n) is 8.45. The third kappa shape index (κ3) is 4.39. The zero-order chi connectivity index (χ0) is 22.9. The van der Waals surface area contributed by atoms with Crippen molar-refractivity contribution in [2.75, 3.05) is 6.61 Å².